The summed E-state index contributed by atoms with van der Waals surface area (Å²) in [4.78, 5) is 15.2. The molecule has 0 spiro atoms. The van der Waals surface area contributed by atoms with Crippen LogP contribution >= 0.6 is 11.6 Å². The van der Waals surface area contributed by atoms with E-state index in [1.54, 1.807) is 0 Å². The van der Waals surface area contributed by atoms with Crippen molar-refractivity contribution < 1.29 is 4.79 Å². The van der Waals surface area contributed by atoms with Crippen molar-refractivity contribution in [1.82, 2.24) is 4.98 Å². The van der Waals surface area contributed by atoms with Crippen LogP contribution < -0.4 is 5.73 Å². The first-order valence-electron chi connectivity index (χ1n) is 6.75. The highest BCUT2D eigenvalue weighted by atomic mass is 35.5. The average Bonchev–Trinajstić information content (AvgIpc) is 2.92. The highest BCUT2D eigenvalue weighted by molar-refractivity contribution is 6.31. The highest BCUT2D eigenvalue weighted by Crippen LogP contribution is 2.53. The summed E-state index contributed by atoms with van der Waals surface area (Å²) in [5, 5.41) is 1.91. The zero-order valence-corrected chi connectivity index (χ0v) is 11.2. The van der Waals surface area contributed by atoms with Crippen LogP contribution in [0.3, 0.4) is 0 Å². The number of rotatable bonds is 1. The van der Waals surface area contributed by atoms with Crippen molar-refractivity contribution in [2.24, 2.45) is 11.7 Å². The van der Waals surface area contributed by atoms with Crippen molar-refractivity contribution in [3.8, 4) is 0 Å². The quantitative estimate of drug-likeness (QED) is 0.824. The third-order valence-electron chi connectivity index (χ3n) is 4.80. The maximum atomic E-state index is 11.8. The summed E-state index contributed by atoms with van der Waals surface area (Å²) in [7, 11) is 0. The van der Waals surface area contributed by atoms with Gasteiger partial charge in [-0.3, -0.25) is 4.79 Å². The van der Waals surface area contributed by atoms with Crippen LogP contribution in [0.25, 0.3) is 10.9 Å². The van der Waals surface area contributed by atoms with Crippen LogP contribution in [0.2, 0.25) is 5.02 Å². The Hall–Kier alpha value is -1.48. The maximum absolute atomic E-state index is 11.8. The Bertz CT molecular complexity index is 691. The lowest BCUT2D eigenvalue weighted by molar-refractivity contribution is -0.120. The van der Waals surface area contributed by atoms with Gasteiger partial charge in [0.1, 0.15) is 0 Å². The molecule has 2 bridgehead atoms. The molecule has 3 N–H and O–H groups in total. The number of carbonyl (C=O) groups excluding carboxylic acids is 1. The summed E-state index contributed by atoms with van der Waals surface area (Å²) in [5.74, 6) is 0.616. The molecule has 4 heteroatoms. The molecule has 1 heterocycles. The summed E-state index contributed by atoms with van der Waals surface area (Å²) in [6.07, 6.45) is 3.34. The first-order valence-corrected chi connectivity index (χ1v) is 7.13. The monoisotopic (exact) mass is 274 g/mol. The van der Waals surface area contributed by atoms with Gasteiger partial charge >= 0.3 is 0 Å². The minimum atomic E-state index is -0.204. The van der Waals surface area contributed by atoms with E-state index in [9.17, 15) is 4.79 Å². The van der Waals surface area contributed by atoms with Crippen LogP contribution in [0.5, 0.6) is 0 Å². The fourth-order valence-electron chi connectivity index (χ4n) is 4.08. The van der Waals surface area contributed by atoms with E-state index in [0.29, 0.717) is 11.8 Å². The number of hydrogen-bond acceptors (Lipinski definition) is 1. The van der Waals surface area contributed by atoms with Gasteiger partial charge in [0.05, 0.1) is 5.92 Å². The van der Waals surface area contributed by atoms with Gasteiger partial charge in [0, 0.05) is 21.6 Å². The van der Waals surface area contributed by atoms with Gasteiger partial charge in [-0.25, -0.2) is 0 Å². The van der Waals surface area contributed by atoms with E-state index in [4.69, 9.17) is 17.3 Å². The number of halogens is 1. The first-order chi connectivity index (χ1) is 9.15. The van der Waals surface area contributed by atoms with Crippen molar-refractivity contribution in [1.29, 1.82) is 0 Å². The van der Waals surface area contributed by atoms with E-state index in [2.05, 4.69) is 4.98 Å². The highest BCUT2D eigenvalue weighted by Gasteiger charge is 2.44. The Morgan fingerprint density at radius 3 is 3.00 bits per heavy atom. The molecule has 1 aromatic carbocycles. The number of aromatic nitrogens is 1. The third-order valence-corrected chi connectivity index (χ3v) is 5.04. The molecule has 19 heavy (non-hydrogen) atoms. The van der Waals surface area contributed by atoms with Gasteiger partial charge in [-0.2, -0.15) is 0 Å². The Morgan fingerprint density at radius 1 is 1.37 bits per heavy atom. The molecule has 0 radical (unpaired) electrons. The standard InChI is InChI=1S/C15H15ClN2O/c16-9-3-4-11-10(6-9)12-7-1-2-8(5-7)13(15(17)19)14(12)18-11/h3-4,6-8,13,18H,1-2,5H2,(H2,17,19)/t7?,8?,13-/m0/s1. The van der Waals surface area contributed by atoms with Crippen LogP contribution in [0.1, 0.15) is 42.4 Å². The zero-order chi connectivity index (χ0) is 13.1. The van der Waals surface area contributed by atoms with Crippen LogP contribution in [0, 0.1) is 5.92 Å². The lowest BCUT2D eigenvalue weighted by Gasteiger charge is -2.26. The van der Waals surface area contributed by atoms with Crippen LogP contribution in [-0.4, -0.2) is 10.9 Å². The predicted octanol–water partition coefficient (Wildman–Crippen LogP) is 3.29. The molecule has 2 aliphatic rings. The number of carbonyl (C=O) groups is 1. The van der Waals surface area contributed by atoms with Gasteiger partial charge in [0.2, 0.25) is 5.91 Å². The number of hydrogen-bond donors (Lipinski definition) is 2. The van der Waals surface area contributed by atoms with Gasteiger partial charge < -0.3 is 10.7 Å². The number of benzene rings is 1. The lowest BCUT2D eigenvalue weighted by atomic mass is 9.78. The number of nitrogens with two attached hydrogens (primary N) is 1. The second kappa shape index (κ2) is 3.76. The first kappa shape index (κ1) is 11.4. The van der Waals surface area contributed by atoms with Crippen molar-refractivity contribution in [2.45, 2.75) is 31.1 Å². The second-order valence-electron chi connectivity index (χ2n) is 5.79. The minimum Gasteiger partial charge on any atom is -0.369 e. The molecular formula is C15H15ClN2O. The summed E-state index contributed by atoms with van der Waals surface area (Å²) < 4.78 is 0. The molecule has 1 saturated carbocycles. The molecular weight excluding hydrogens is 260 g/mol. The lowest BCUT2D eigenvalue weighted by Crippen LogP contribution is -2.30. The fraction of sp³-hybridized carbons (Fsp3) is 0.400. The van der Waals surface area contributed by atoms with Crippen LogP contribution in [0.15, 0.2) is 18.2 Å². The van der Waals surface area contributed by atoms with E-state index in [1.807, 2.05) is 18.2 Å². The van der Waals surface area contributed by atoms with Crippen LogP contribution in [0.4, 0.5) is 0 Å². The molecule has 2 aromatic rings. The number of amides is 1. The summed E-state index contributed by atoms with van der Waals surface area (Å²) >= 11 is 6.11. The van der Waals surface area contributed by atoms with E-state index in [0.717, 1.165) is 35.5 Å². The molecule has 0 saturated heterocycles. The maximum Gasteiger partial charge on any atom is 0.226 e. The summed E-state index contributed by atoms with van der Waals surface area (Å²) in [6, 6.07) is 5.87. The van der Waals surface area contributed by atoms with E-state index in [-0.39, 0.29) is 11.8 Å². The molecule has 1 fully saturated rings. The zero-order valence-electron chi connectivity index (χ0n) is 10.4. The molecule has 98 valence electrons. The smallest absolute Gasteiger partial charge is 0.226 e. The normalized spacial score (nSPS) is 28.6. The Morgan fingerprint density at radius 2 is 2.21 bits per heavy atom. The number of primary amides is 1. The average molecular weight is 275 g/mol. The van der Waals surface area contributed by atoms with E-state index >= 15 is 0 Å². The topological polar surface area (TPSA) is 58.9 Å². The molecule has 2 aliphatic carbocycles. The SMILES string of the molecule is NC(=O)[C@@H]1c2[nH]c3ccc(Cl)cc3c2C2CCC1C2. The van der Waals surface area contributed by atoms with Gasteiger partial charge in [-0.05, 0) is 54.9 Å². The Kier molecular flexibility index (Phi) is 2.25. The number of fused-ring (bicyclic) bond motifs is 6. The largest absolute Gasteiger partial charge is 0.369 e. The molecule has 3 nitrogen and oxygen atoms in total. The van der Waals surface area contributed by atoms with Gasteiger partial charge in [-0.1, -0.05) is 11.6 Å². The second-order valence-corrected chi connectivity index (χ2v) is 6.23. The number of aromatic amines is 1. The Balaban J connectivity index is 2.03. The minimum absolute atomic E-state index is 0.153. The van der Waals surface area contributed by atoms with Gasteiger partial charge in [-0.15, -0.1) is 0 Å². The van der Waals surface area contributed by atoms with Gasteiger partial charge in [0.15, 0.2) is 0 Å². The summed E-state index contributed by atoms with van der Waals surface area (Å²) in [6.45, 7) is 0. The molecule has 3 atom stereocenters. The summed E-state index contributed by atoms with van der Waals surface area (Å²) in [5.41, 5.74) is 9.03. The molecule has 4 rings (SSSR count). The van der Waals surface area contributed by atoms with Gasteiger partial charge in [0.25, 0.3) is 0 Å². The van der Waals surface area contributed by atoms with E-state index < -0.39 is 0 Å². The van der Waals surface area contributed by atoms with Crippen molar-refractivity contribution >= 4 is 28.4 Å². The molecule has 0 aliphatic heterocycles. The van der Waals surface area contributed by atoms with Crippen molar-refractivity contribution in [2.75, 3.05) is 0 Å². The Labute approximate surface area is 116 Å². The molecule has 2 unspecified atom stereocenters. The predicted molar refractivity (Wildman–Crippen MR) is 75.3 cm³/mol. The van der Waals surface area contributed by atoms with E-state index in [1.165, 1.54) is 10.9 Å². The van der Waals surface area contributed by atoms with Crippen LogP contribution in [-0.2, 0) is 4.79 Å². The molecule has 1 aromatic heterocycles. The van der Waals surface area contributed by atoms with Crippen molar-refractivity contribution in [3.05, 3.63) is 34.5 Å². The number of nitrogens with one attached hydrogen (secondary N) is 1. The molecule has 1 amide bonds. The number of H-pyrrole nitrogens is 1. The third kappa shape index (κ3) is 1.48. The fourth-order valence-corrected chi connectivity index (χ4v) is 4.25. The van der Waals surface area contributed by atoms with Crippen molar-refractivity contribution in [3.63, 3.8) is 0 Å².